The van der Waals surface area contributed by atoms with Crippen molar-refractivity contribution in [2.45, 2.75) is 33.2 Å². The van der Waals surface area contributed by atoms with E-state index in [4.69, 9.17) is 0 Å². The Kier molecular flexibility index (Phi) is 4.79. The van der Waals surface area contributed by atoms with Gasteiger partial charge in [0.15, 0.2) is 0 Å². The van der Waals surface area contributed by atoms with E-state index in [1.807, 2.05) is 0 Å². The van der Waals surface area contributed by atoms with Crippen LogP contribution >= 0.6 is 0 Å². The lowest BCUT2D eigenvalue weighted by Crippen LogP contribution is -2.49. The normalized spacial score (nSPS) is 18.4. The third-order valence-corrected chi connectivity index (χ3v) is 3.94. The van der Waals surface area contributed by atoms with Crippen molar-refractivity contribution in [3.8, 4) is 0 Å². The molecule has 1 aromatic rings. The molecule has 1 aliphatic rings. The highest BCUT2D eigenvalue weighted by Crippen LogP contribution is 2.09. The summed E-state index contributed by atoms with van der Waals surface area (Å²) in [5.74, 6) is 0. The molecule has 0 spiro atoms. The minimum atomic E-state index is 0.698. The minimum absolute atomic E-state index is 0.698. The first-order chi connectivity index (χ1) is 8.65. The molecule has 0 amide bonds. The van der Waals surface area contributed by atoms with Crippen LogP contribution in [0, 0.1) is 6.92 Å². The largest absolute Gasteiger partial charge is 0.300 e. The molecular formula is C16H26N2. The van der Waals surface area contributed by atoms with Crippen LogP contribution in [-0.2, 0) is 6.42 Å². The van der Waals surface area contributed by atoms with Crippen LogP contribution in [0.3, 0.4) is 0 Å². The Morgan fingerprint density at radius 1 is 1.11 bits per heavy atom. The standard InChI is InChI=1S/C16H26N2/c1-14(2)18-11-9-17(10-12-18)8-7-16-6-4-5-15(3)13-16/h4-6,13-14H,7-12H2,1-3H3. The molecule has 2 heteroatoms. The highest BCUT2D eigenvalue weighted by Gasteiger charge is 2.18. The van der Waals surface area contributed by atoms with Gasteiger partial charge in [-0.25, -0.2) is 0 Å². The molecule has 1 saturated heterocycles. The van der Waals surface area contributed by atoms with Gasteiger partial charge >= 0.3 is 0 Å². The fraction of sp³-hybridized carbons (Fsp3) is 0.625. The van der Waals surface area contributed by atoms with Crippen molar-refractivity contribution < 1.29 is 0 Å². The van der Waals surface area contributed by atoms with Gasteiger partial charge in [-0.3, -0.25) is 4.90 Å². The molecule has 100 valence electrons. The Balaban J connectivity index is 1.75. The van der Waals surface area contributed by atoms with Gasteiger partial charge < -0.3 is 4.90 Å². The van der Waals surface area contributed by atoms with Gasteiger partial charge in [0.25, 0.3) is 0 Å². The molecule has 0 N–H and O–H groups in total. The monoisotopic (exact) mass is 246 g/mol. The van der Waals surface area contributed by atoms with Crippen molar-refractivity contribution in [2.75, 3.05) is 32.7 Å². The van der Waals surface area contributed by atoms with E-state index in [0.29, 0.717) is 6.04 Å². The smallest absolute Gasteiger partial charge is 0.0113 e. The van der Waals surface area contributed by atoms with Crippen LogP contribution < -0.4 is 0 Å². The number of aryl methyl sites for hydroxylation is 1. The van der Waals surface area contributed by atoms with Gasteiger partial charge in [0.1, 0.15) is 0 Å². The third kappa shape index (κ3) is 3.82. The second-order valence-corrected chi connectivity index (χ2v) is 5.71. The number of hydrogen-bond donors (Lipinski definition) is 0. The van der Waals surface area contributed by atoms with E-state index in [0.717, 1.165) is 0 Å². The Hall–Kier alpha value is -0.860. The van der Waals surface area contributed by atoms with Crippen molar-refractivity contribution in [3.05, 3.63) is 35.4 Å². The number of rotatable bonds is 4. The second kappa shape index (κ2) is 6.35. The maximum Gasteiger partial charge on any atom is 0.0113 e. The van der Waals surface area contributed by atoms with Crippen LogP contribution in [0.1, 0.15) is 25.0 Å². The highest BCUT2D eigenvalue weighted by molar-refractivity contribution is 5.22. The van der Waals surface area contributed by atoms with Gasteiger partial charge in [0.2, 0.25) is 0 Å². The molecule has 0 radical (unpaired) electrons. The lowest BCUT2D eigenvalue weighted by Gasteiger charge is -2.36. The summed E-state index contributed by atoms with van der Waals surface area (Å²) in [5, 5.41) is 0. The van der Waals surface area contributed by atoms with Crippen LogP contribution in [-0.4, -0.2) is 48.6 Å². The van der Waals surface area contributed by atoms with Crippen molar-refractivity contribution in [1.82, 2.24) is 9.80 Å². The van der Waals surface area contributed by atoms with Crippen molar-refractivity contribution in [2.24, 2.45) is 0 Å². The van der Waals surface area contributed by atoms with E-state index in [2.05, 4.69) is 54.8 Å². The van der Waals surface area contributed by atoms with Crippen LogP contribution in [0.2, 0.25) is 0 Å². The fourth-order valence-electron chi connectivity index (χ4n) is 2.66. The Bertz CT molecular complexity index is 365. The number of piperazine rings is 1. The SMILES string of the molecule is Cc1cccc(CCN2CCN(C(C)C)CC2)c1. The topological polar surface area (TPSA) is 6.48 Å². The molecule has 0 atom stereocenters. The summed E-state index contributed by atoms with van der Waals surface area (Å²) < 4.78 is 0. The summed E-state index contributed by atoms with van der Waals surface area (Å²) in [6.45, 7) is 12.9. The molecule has 0 saturated carbocycles. The van der Waals surface area contributed by atoms with E-state index in [-0.39, 0.29) is 0 Å². The number of benzene rings is 1. The first kappa shape index (κ1) is 13.6. The average Bonchev–Trinajstić information content (AvgIpc) is 2.37. The molecule has 2 rings (SSSR count). The van der Waals surface area contributed by atoms with E-state index in [1.54, 1.807) is 0 Å². The predicted molar refractivity (Wildman–Crippen MR) is 78.0 cm³/mol. The van der Waals surface area contributed by atoms with Crippen molar-refractivity contribution >= 4 is 0 Å². The quantitative estimate of drug-likeness (QED) is 0.805. The maximum atomic E-state index is 2.60. The second-order valence-electron chi connectivity index (χ2n) is 5.71. The molecule has 1 fully saturated rings. The fourth-order valence-corrected chi connectivity index (χ4v) is 2.66. The summed E-state index contributed by atoms with van der Waals surface area (Å²) >= 11 is 0. The van der Waals surface area contributed by atoms with Crippen LogP contribution in [0.15, 0.2) is 24.3 Å². The molecule has 1 aliphatic heterocycles. The lowest BCUT2D eigenvalue weighted by atomic mass is 10.1. The van der Waals surface area contributed by atoms with Gasteiger partial charge in [0.05, 0.1) is 0 Å². The zero-order chi connectivity index (χ0) is 13.0. The minimum Gasteiger partial charge on any atom is -0.300 e. The summed E-state index contributed by atoms with van der Waals surface area (Å²) in [4.78, 5) is 5.17. The Labute approximate surface area is 112 Å². The Morgan fingerprint density at radius 3 is 2.44 bits per heavy atom. The number of nitrogens with zero attached hydrogens (tertiary/aromatic N) is 2. The van der Waals surface area contributed by atoms with Crippen molar-refractivity contribution in [3.63, 3.8) is 0 Å². The van der Waals surface area contributed by atoms with Gasteiger partial charge in [0, 0.05) is 38.8 Å². The summed E-state index contributed by atoms with van der Waals surface area (Å²) in [5.41, 5.74) is 2.85. The molecule has 1 heterocycles. The van der Waals surface area contributed by atoms with Gasteiger partial charge in [-0.2, -0.15) is 0 Å². The average molecular weight is 246 g/mol. The summed E-state index contributed by atoms with van der Waals surface area (Å²) in [6, 6.07) is 9.59. The molecular weight excluding hydrogens is 220 g/mol. The van der Waals surface area contributed by atoms with Crippen molar-refractivity contribution in [1.29, 1.82) is 0 Å². The first-order valence-electron chi connectivity index (χ1n) is 7.17. The molecule has 0 unspecified atom stereocenters. The molecule has 0 bridgehead atoms. The van der Waals surface area contributed by atoms with E-state index in [9.17, 15) is 0 Å². The zero-order valence-electron chi connectivity index (χ0n) is 12.0. The lowest BCUT2D eigenvalue weighted by molar-refractivity contribution is 0.109. The Morgan fingerprint density at radius 2 is 1.83 bits per heavy atom. The molecule has 0 aliphatic carbocycles. The highest BCUT2D eigenvalue weighted by atomic mass is 15.3. The summed E-state index contributed by atoms with van der Waals surface area (Å²) in [6.07, 6.45) is 1.18. The molecule has 2 nitrogen and oxygen atoms in total. The molecule has 1 aromatic carbocycles. The van der Waals surface area contributed by atoms with Crippen LogP contribution in [0.5, 0.6) is 0 Å². The molecule has 18 heavy (non-hydrogen) atoms. The van der Waals surface area contributed by atoms with Gasteiger partial charge in [-0.05, 0) is 32.8 Å². The maximum absolute atomic E-state index is 2.60. The third-order valence-electron chi connectivity index (χ3n) is 3.94. The van der Waals surface area contributed by atoms with Gasteiger partial charge in [-0.15, -0.1) is 0 Å². The zero-order valence-corrected chi connectivity index (χ0v) is 12.0. The first-order valence-corrected chi connectivity index (χ1v) is 7.17. The van der Waals surface area contributed by atoms with E-state index in [1.165, 1.54) is 50.3 Å². The van der Waals surface area contributed by atoms with E-state index < -0.39 is 0 Å². The van der Waals surface area contributed by atoms with Crippen LogP contribution in [0.25, 0.3) is 0 Å². The predicted octanol–water partition coefficient (Wildman–Crippen LogP) is 2.56. The van der Waals surface area contributed by atoms with E-state index >= 15 is 0 Å². The molecule has 0 aromatic heterocycles. The summed E-state index contributed by atoms with van der Waals surface area (Å²) in [7, 11) is 0. The van der Waals surface area contributed by atoms with Crippen LogP contribution in [0.4, 0.5) is 0 Å². The number of hydrogen-bond acceptors (Lipinski definition) is 2. The van der Waals surface area contributed by atoms with Gasteiger partial charge in [-0.1, -0.05) is 29.8 Å².